The second-order valence-electron chi connectivity index (χ2n) is 14.3. The first-order valence-corrected chi connectivity index (χ1v) is 17.5. The Labute approximate surface area is 291 Å². The van der Waals surface area contributed by atoms with Crippen molar-refractivity contribution in [1.82, 2.24) is 20.2 Å². The van der Waals surface area contributed by atoms with Crippen molar-refractivity contribution in [1.29, 1.82) is 5.26 Å². The molecule has 4 fully saturated rings. The number of nitrogen functional groups attached to an aromatic ring is 1. The van der Waals surface area contributed by atoms with E-state index in [1.807, 2.05) is 6.07 Å². The molecule has 2 aromatic carbocycles. The van der Waals surface area contributed by atoms with Gasteiger partial charge < -0.3 is 20.7 Å². The van der Waals surface area contributed by atoms with Crippen molar-refractivity contribution in [2.75, 3.05) is 43.4 Å². The molecular formula is C35H32F7N7OS. The molecule has 4 saturated heterocycles. The Morgan fingerprint density at radius 1 is 1.22 bits per heavy atom. The minimum Gasteiger partial charge on any atom is -0.461 e. The number of hydrogen-bond acceptors (Lipinski definition) is 9. The first-order chi connectivity index (χ1) is 24.2. The van der Waals surface area contributed by atoms with Gasteiger partial charge in [0.05, 0.1) is 26.9 Å². The number of nitrogens with two attached hydrogens (primary N) is 1. The Bertz CT molecular complexity index is 2160. The number of fused-ring (bicyclic) bond motifs is 5. The van der Waals surface area contributed by atoms with E-state index in [1.54, 1.807) is 4.90 Å². The first-order valence-electron chi connectivity index (χ1n) is 16.7. The van der Waals surface area contributed by atoms with E-state index in [4.69, 9.17) is 10.5 Å². The molecule has 268 valence electrons. The summed E-state index contributed by atoms with van der Waals surface area (Å²) in [5.41, 5.74) is 0.996. The summed E-state index contributed by atoms with van der Waals surface area (Å²) < 4.78 is 111. The molecule has 2 bridgehead atoms. The molecule has 4 aliphatic rings. The lowest BCUT2D eigenvalue weighted by Gasteiger charge is -2.40. The molecule has 8 nitrogen and oxygen atoms in total. The van der Waals surface area contributed by atoms with Gasteiger partial charge >= 0.3 is 12.2 Å². The number of ether oxygens (including phenoxy) is 1. The number of alkyl halides is 3. The lowest BCUT2D eigenvalue weighted by atomic mass is 9.91. The van der Waals surface area contributed by atoms with E-state index in [2.05, 4.69) is 27.1 Å². The van der Waals surface area contributed by atoms with Crippen LogP contribution in [-0.4, -0.2) is 64.8 Å². The van der Waals surface area contributed by atoms with Gasteiger partial charge in [-0.1, -0.05) is 13.0 Å². The zero-order chi connectivity index (χ0) is 36.0. The molecule has 4 unspecified atom stereocenters. The third-order valence-electron chi connectivity index (χ3n) is 10.9. The molecule has 4 aliphatic heterocycles. The van der Waals surface area contributed by atoms with Gasteiger partial charge in [-0.15, -0.1) is 11.3 Å². The Morgan fingerprint density at radius 2 is 2.02 bits per heavy atom. The summed E-state index contributed by atoms with van der Waals surface area (Å²) in [6, 6.07) is 3.90. The van der Waals surface area contributed by atoms with Crippen LogP contribution in [0.3, 0.4) is 0 Å². The van der Waals surface area contributed by atoms with E-state index >= 15 is 17.6 Å². The van der Waals surface area contributed by atoms with Gasteiger partial charge in [0.1, 0.15) is 34.8 Å². The normalized spacial score (nSPS) is 26.2. The maximum absolute atomic E-state index is 17.2. The lowest BCUT2D eigenvalue weighted by Crippen LogP contribution is -2.59. The monoisotopic (exact) mass is 731 g/mol. The van der Waals surface area contributed by atoms with Crippen LogP contribution in [-0.2, 0) is 6.18 Å². The van der Waals surface area contributed by atoms with Gasteiger partial charge in [-0.3, -0.25) is 4.90 Å². The van der Waals surface area contributed by atoms with Crippen LogP contribution in [0, 0.1) is 28.9 Å². The number of aromatic nitrogens is 2. The number of anilines is 2. The van der Waals surface area contributed by atoms with E-state index in [-0.39, 0.29) is 74.7 Å². The van der Waals surface area contributed by atoms with E-state index in [1.165, 1.54) is 0 Å². The van der Waals surface area contributed by atoms with Crippen LogP contribution >= 0.6 is 11.3 Å². The van der Waals surface area contributed by atoms with Crippen molar-refractivity contribution in [2.24, 2.45) is 5.92 Å². The number of nitriles is 1. The second kappa shape index (κ2) is 11.9. The molecule has 0 amide bonds. The minimum atomic E-state index is -5.14. The fourth-order valence-electron chi connectivity index (χ4n) is 8.96. The number of halogens is 7. The maximum atomic E-state index is 17.2. The maximum Gasteiger partial charge on any atom is 0.417 e. The average molecular weight is 732 g/mol. The number of benzene rings is 2. The Kier molecular flexibility index (Phi) is 7.93. The fraction of sp³-hybridized carbons (Fsp3) is 0.457. The number of thiophene rings is 1. The average Bonchev–Trinajstić information content (AvgIpc) is 3.78. The van der Waals surface area contributed by atoms with E-state index in [0.717, 1.165) is 56.6 Å². The topological polar surface area (TPSA) is 103 Å². The van der Waals surface area contributed by atoms with Crippen molar-refractivity contribution in [2.45, 2.75) is 62.3 Å². The SMILES string of the molecule is CC1CN2CCCC2(COc2nc(N3CC4CCC(C=C(F)F)(C3)N4)c3cc(C(F)(F)F)c(-c4ccc(F)c5sc(N)c(C#N)c45)c(F)c3n2)C1. The zero-order valence-electron chi connectivity index (χ0n) is 27.3. The number of hydrogen-bond donors (Lipinski definition) is 2. The summed E-state index contributed by atoms with van der Waals surface area (Å²) >= 11 is 0.677. The largest absolute Gasteiger partial charge is 0.461 e. The molecule has 0 aliphatic carbocycles. The fourth-order valence-corrected chi connectivity index (χ4v) is 9.91. The third-order valence-corrected chi connectivity index (χ3v) is 11.9. The predicted molar refractivity (Wildman–Crippen MR) is 179 cm³/mol. The summed E-state index contributed by atoms with van der Waals surface area (Å²) in [7, 11) is 0. The van der Waals surface area contributed by atoms with Gasteiger partial charge in [0, 0.05) is 48.1 Å². The molecular weight excluding hydrogens is 699 g/mol. The highest BCUT2D eigenvalue weighted by Crippen LogP contribution is 2.49. The molecule has 4 atom stereocenters. The Morgan fingerprint density at radius 3 is 2.76 bits per heavy atom. The van der Waals surface area contributed by atoms with E-state index in [0.29, 0.717) is 30.1 Å². The quantitative estimate of drug-likeness (QED) is 0.196. The van der Waals surface area contributed by atoms with Crippen LogP contribution in [0.1, 0.15) is 50.2 Å². The number of piperazine rings is 1. The van der Waals surface area contributed by atoms with Crippen molar-refractivity contribution < 1.29 is 35.5 Å². The van der Waals surface area contributed by atoms with Crippen molar-refractivity contribution >= 4 is 43.1 Å². The molecule has 3 N–H and O–H groups in total. The molecule has 0 radical (unpaired) electrons. The van der Waals surface area contributed by atoms with Gasteiger partial charge in [-0.25, -0.2) is 8.78 Å². The summed E-state index contributed by atoms with van der Waals surface area (Å²) in [4.78, 5) is 12.9. The standard InChI is InChI=1S/C35H32F7N7OS/c1-17-10-34(6-2-8-49(34)13-17)16-50-32-45-28-20(31(46-32)48-14-18-5-7-33(15-48,47-18)11-24(37)38)9-22(35(40,41)42)26(27(28)39)19-3-4-23(36)29-25(19)21(12-43)30(44)51-29/h3-4,9,11,17-18,47H,2,5-8,10,13-16,44H2,1H3. The second-order valence-corrected chi connectivity index (χ2v) is 15.4. The van der Waals surface area contributed by atoms with Gasteiger partial charge in [-0.05, 0) is 62.3 Å². The number of rotatable bonds is 6. The molecule has 2 aromatic heterocycles. The van der Waals surface area contributed by atoms with Crippen molar-refractivity contribution in [3.8, 4) is 23.2 Å². The molecule has 6 heterocycles. The highest BCUT2D eigenvalue weighted by Gasteiger charge is 2.49. The Hall–Kier alpha value is -4.20. The molecule has 4 aromatic rings. The van der Waals surface area contributed by atoms with Crippen LogP contribution in [0.5, 0.6) is 6.01 Å². The predicted octanol–water partition coefficient (Wildman–Crippen LogP) is 7.61. The van der Waals surface area contributed by atoms with Gasteiger partial charge in [0.25, 0.3) is 6.08 Å². The van der Waals surface area contributed by atoms with E-state index < -0.39 is 46.1 Å². The molecule has 16 heteroatoms. The Balaban J connectivity index is 1.35. The smallest absolute Gasteiger partial charge is 0.417 e. The highest BCUT2D eigenvalue weighted by atomic mass is 32.1. The van der Waals surface area contributed by atoms with Crippen molar-refractivity contribution in [3.05, 3.63) is 53.1 Å². The molecule has 51 heavy (non-hydrogen) atoms. The van der Waals surface area contributed by atoms with Gasteiger partial charge in [-0.2, -0.15) is 37.2 Å². The molecule has 8 rings (SSSR count). The molecule has 0 saturated carbocycles. The summed E-state index contributed by atoms with van der Waals surface area (Å²) in [5, 5.41) is 12.4. The zero-order valence-corrected chi connectivity index (χ0v) is 28.1. The number of nitrogens with one attached hydrogen (secondary N) is 1. The van der Waals surface area contributed by atoms with Crippen LogP contribution in [0.15, 0.2) is 30.4 Å². The summed E-state index contributed by atoms with van der Waals surface area (Å²) in [6.07, 6.45) is -2.67. The minimum absolute atomic E-state index is 0.0787. The van der Waals surface area contributed by atoms with Crippen LogP contribution in [0.2, 0.25) is 0 Å². The van der Waals surface area contributed by atoms with Crippen LogP contribution < -0.4 is 20.7 Å². The first kappa shape index (κ1) is 33.9. The summed E-state index contributed by atoms with van der Waals surface area (Å²) in [6.45, 7) is 4.21. The highest BCUT2D eigenvalue weighted by molar-refractivity contribution is 7.23. The van der Waals surface area contributed by atoms with Crippen molar-refractivity contribution in [3.63, 3.8) is 0 Å². The van der Waals surface area contributed by atoms with Crippen LogP contribution in [0.4, 0.5) is 41.6 Å². The van der Waals surface area contributed by atoms with Crippen LogP contribution in [0.25, 0.3) is 32.1 Å². The molecule has 0 spiro atoms. The lowest BCUT2D eigenvalue weighted by molar-refractivity contribution is -0.137. The third kappa shape index (κ3) is 5.55. The van der Waals surface area contributed by atoms with Gasteiger partial charge in [0.15, 0.2) is 5.82 Å². The van der Waals surface area contributed by atoms with Gasteiger partial charge in [0.2, 0.25) is 0 Å². The number of nitrogens with zero attached hydrogens (tertiary/aromatic N) is 5. The summed E-state index contributed by atoms with van der Waals surface area (Å²) in [5.74, 6) is -1.88. The van der Waals surface area contributed by atoms with E-state index in [9.17, 15) is 18.4 Å².